The Balaban J connectivity index is 1.85. The molecule has 9 heteroatoms. The Hall–Kier alpha value is -2.23. The van der Waals surface area contributed by atoms with Crippen LogP contribution < -0.4 is 10.2 Å². The molecule has 0 aliphatic carbocycles. The number of piperidine rings is 1. The van der Waals surface area contributed by atoms with Gasteiger partial charge in [0.15, 0.2) is 0 Å². The first-order valence-electron chi connectivity index (χ1n) is 9.50. The van der Waals surface area contributed by atoms with Gasteiger partial charge in [-0.05, 0) is 44.0 Å². The number of benzene rings is 1. The fourth-order valence-electron chi connectivity index (χ4n) is 3.21. The number of nitrogens with zero attached hydrogens (tertiary/aromatic N) is 3. The van der Waals surface area contributed by atoms with Gasteiger partial charge in [0.2, 0.25) is 15.9 Å². The molecule has 156 valence electrons. The van der Waals surface area contributed by atoms with Gasteiger partial charge < -0.3 is 10.2 Å². The third kappa shape index (κ3) is 5.23. The van der Waals surface area contributed by atoms with Gasteiger partial charge >= 0.3 is 0 Å². The molecule has 0 saturated carbocycles. The molecule has 0 unspecified atom stereocenters. The molecule has 1 N–H and O–H groups in total. The number of carbonyl (C=O) groups is 1. The highest BCUT2D eigenvalue weighted by Gasteiger charge is 2.26. The predicted octanol–water partition coefficient (Wildman–Crippen LogP) is 3.34. The first-order chi connectivity index (χ1) is 13.8. The van der Waals surface area contributed by atoms with Crippen molar-refractivity contribution in [2.75, 3.05) is 37.4 Å². The molecular weight excluding hydrogens is 408 g/mol. The molecule has 1 aromatic carbocycles. The Morgan fingerprint density at radius 1 is 1.24 bits per heavy atom. The molecule has 0 radical (unpaired) electrons. The van der Waals surface area contributed by atoms with Crippen molar-refractivity contribution in [3.05, 3.63) is 40.4 Å². The van der Waals surface area contributed by atoms with Crippen LogP contribution in [-0.4, -0.2) is 50.8 Å². The standard InChI is InChI=1S/C20H26N4O3S2/c1-15-21-16(14-28-15)7-10-20(25)22-18-13-17(8-9-19(18)23(2)3)29(26,27)24-11-5-4-6-12-24/h7-10,13-14H,4-6,11-12H2,1-3H3,(H,22,25)/b10-7+. The number of hydrogen-bond acceptors (Lipinski definition) is 6. The number of sulfonamides is 1. The summed E-state index contributed by atoms with van der Waals surface area (Å²) >= 11 is 1.51. The molecule has 0 atom stereocenters. The van der Waals surface area contributed by atoms with Crippen LogP contribution in [0.2, 0.25) is 0 Å². The van der Waals surface area contributed by atoms with Crippen molar-refractivity contribution >= 4 is 44.7 Å². The second kappa shape index (κ2) is 9.06. The highest BCUT2D eigenvalue weighted by atomic mass is 32.2. The van der Waals surface area contributed by atoms with Gasteiger partial charge in [0.25, 0.3) is 0 Å². The molecule has 1 aromatic heterocycles. The molecule has 1 fully saturated rings. The van der Waals surface area contributed by atoms with Crippen LogP contribution in [0, 0.1) is 6.92 Å². The number of anilines is 2. The van der Waals surface area contributed by atoms with Crippen molar-refractivity contribution in [3.63, 3.8) is 0 Å². The van der Waals surface area contributed by atoms with E-state index in [0.29, 0.717) is 18.8 Å². The monoisotopic (exact) mass is 434 g/mol. The molecule has 1 aliphatic heterocycles. The molecule has 0 bridgehead atoms. The molecule has 7 nitrogen and oxygen atoms in total. The van der Waals surface area contributed by atoms with Crippen molar-refractivity contribution in [3.8, 4) is 0 Å². The molecule has 2 heterocycles. The molecule has 1 aliphatic rings. The first-order valence-corrected chi connectivity index (χ1v) is 11.8. The second-order valence-corrected chi connectivity index (χ2v) is 10.2. The Morgan fingerprint density at radius 2 is 1.97 bits per heavy atom. The van der Waals surface area contributed by atoms with E-state index in [-0.39, 0.29) is 10.8 Å². The van der Waals surface area contributed by atoms with Gasteiger partial charge in [-0.1, -0.05) is 6.42 Å². The Morgan fingerprint density at radius 3 is 2.59 bits per heavy atom. The number of rotatable bonds is 6. The first kappa shape index (κ1) is 21.5. The summed E-state index contributed by atoms with van der Waals surface area (Å²) in [5.74, 6) is -0.341. The van der Waals surface area contributed by atoms with Crippen molar-refractivity contribution in [1.29, 1.82) is 0 Å². The van der Waals surface area contributed by atoms with Gasteiger partial charge in [0, 0.05) is 38.6 Å². The molecule has 1 amide bonds. The van der Waals surface area contributed by atoms with Crippen LogP contribution in [0.4, 0.5) is 11.4 Å². The van der Waals surface area contributed by atoms with Crippen LogP contribution >= 0.6 is 11.3 Å². The molecule has 1 saturated heterocycles. The van der Waals surface area contributed by atoms with Gasteiger partial charge in [0.1, 0.15) is 0 Å². The average molecular weight is 435 g/mol. The van der Waals surface area contributed by atoms with Crippen molar-refractivity contribution in [1.82, 2.24) is 9.29 Å². The van der Waals surface area contributed by atoms with Gasteiger partial charge in [-0.15, -0.1) is 11.3 Å². The third-order valence-electron chi connectivity index (χ3n) is 4.70. The van der Waals surface area contributed by atoms with Crippen molar-refractivity contribution in [2.24, 2.45) is 0 Å². The quantitative estimate of drug-likeness (QED) is 0.705. The van der Waals surface area contributed by atoms with E-state index < -0.39 is 10.0 Å². The van der Waals surface area contributed by atoms with Crippen LogP contribution in [0.3, 0.4) is 0 Å². The zero-order valence-electron chi connectivity index (χ0n) is 16.9. The Bertz CT molecular complexity index is 1010. The fourth-order valence-corrected chi connectivity index (χ4v) is 5.34. The normalized spacial score (nSPS) is 15.6. The maximum absolute atomic E-state index is 13.0. The highest BCUT2D eigenvalue weighted by molar-refractivity contribution is 7.89. The third-order valence-corrected chi connectivity index (χ3v) is 7.39. The van der Waals surface area contributed by atoms with E-state index in [1.54, 1.807) is 18.2 Å². The number of amides is 1. The smallest absolute Gasteiger partial charge is 0.248 e. The van der Waals surface area contributed by atoms with Crippen molar-refractivity contribution in [2.45, 2.75) is 31.1 Å². The van der Waals surface area contributed by atoms with E-state index in [4.69, 9.17) is 0 Å². The Labute approximate surface area is 176 Å². The van der Waals surface area contributed by atoms with Crippen LogP contribution in [0.15, 0.2) is 34.6 Å². The van der Waals surface area contributed by atoms with E-state index in [0.717, 1.165) is 35.7 Å². The SMILES string of the molecule is Cc1nc(/C=C/C(=O)Nc2cc(S(=O)(=O)N3CCCCC3)ccc2N(C)C)cs1. The van der Waals surface area contributed by atoms with Gasteiger partial charge in [-0.3, -0.25) is 4.79 Å². The number of carbonyl (C=O) groups excluding carboxylic acids is 1. The number of aromatic nitrogens is 1. The molecular formula is C20H26N4O3S2. The zero-order valence-corrected chi connectivity index (χ0v) is 18.5. The lowest BCUT2D eigenvalue weighted by Gasteiger charge is -2.26. The lowest BCUT2D eigenvalue weighted by molar-refractivity contribution is -0.111. The lowest BCUT2D eigenvalue weighted by Crippen LogP contribution is -2.35. The maximum Gasteiger partial charge on any atom is 0.248 e. The minimum Gasteiger partial charge on any atom is -0.376 e. The predicted molar refractivity (Wildman–Crippen MR) is 118 cm³/mol. The summed E-state index contributed by atoms with van der Waals surface area (Å²) < 4.78 is 27.5. The molecule has 2 aromatic rings. The van der Waals surface area contributed by atoms with Crippen LogP contribution in [0.5, 0.6) is 0 Å². The minimum absolute atomic E-state index is 0.194. The summed E-state index contributed by atoms with van der Waals surface area (Å²) in [5.41, 5.74) is 1.91. The van der Waals surface area contributed by atoms with Crippen molar-refractivity contribution < 1.29 is 13.2 Å². The zero-order chi connectivity index (χ0) is 21.0. The summed E-state index contributed by atoms with van der Waals surface area (Å²) in [5, 5.41) is 5.61. The summed E-state index contributed by atoms with van der Waals surface area (Å²) in [6.45, 7) is 2.98. The van der Waals surface area contributed by atoms with E-state index >= 15 is 0 Å². The van der Waals surface area contributed by atoms with E-state index in [9.17, 15) is 13.2 Å². The average Bonchev–Trinajstić information content (AvgIpc) is 3.12. The molecule has 29 heavy (non-hydrogen) atoms. The number of thiazole rings is 1. The molecule has 0 spiro atoms. The van der Waals surface area contributed by atoms with Gasteiger partial charge in [-0.2, -0.15) is 4.31 Å². The summed E-state index contributed by atoms with van der Waals surface area (Å²) in [6.07, 6.45) is 5.85. The number of hydrogen-bond donors (Lipinski definition) is 1. The minimum atomic E-state index is -3.58. The topological polar surface area (TPSA) is 82.6 Å². The fraction of sp³-hybridized carbons (Fsp3) is 0.400. The number of nitrogens with one attached hydrogen (secondary N) is 1. The summed E-state index contributed by atoms with van der Waals surface area (Å²) in [4.78, 5) is 18.7. The summed E-state index contributed by atoms with van der Waals surface area (Å²) in [7, 11) is 0.111. The Kier molecular flexibility index (Phi) is 6.71. The van der Waals surface area contributed by atoms with Crippen LogP contribution in [0.25, 0.3) is 6.08 Å². The maximum atomic E-state index is 13.0. The van der Waals surface area contributed by atoms with E-state index in [2.05, 4.69) is 10.3 Å². The van der Waals surface area contributed by atoms with Crippen LogP contribution in [0.1, 0.15) is 30.0 Å². The second-order valence-electron chi connectivity index (χ2n) is 7.15. The number of aryl methyl sites for hydroxylation is 1. The summed E-state index contributed by atoms with van der Waals surface area (Å²) in [6, 6.07) is 4.86. The van der Waals surface area contributed by atoms with Gasteiger partial charge in [0.05, 0.1) is 27.0 Å². The lowest BCUT2D eigenvalue weighted by atomic mass is 10.2. The van der Waals surface area contributed by atoms with Gasteiger partial charge in [-0.25, -0.2) is 13.4 Å². The largest absolute Gasteiger partial charge is 0.376 e. The highest BCUT2D eigenvalue weighted by Crippen LogP contribution is 2.30. The molecule has 3 rings (SSSR count). The van der Waals surface area contributed by atoms with E-state index in [1.807, 2.05) is 31.3 Å². The van der Waals surface area contributed by atoms with E-state index in [1.165, 1.54) is 27.8 Å². The van der Waals surface area contributed by atoms with Crippen LogP contribution in [-0.2, 0) is 14.8 Å².